The van der Waals surface area contributed by atoms with Crippen LogP contribution in [0.25, 0.3) is 0 Å². The molecule has 6 heteroatoms. The van der Waals surface area contributed by atoms with Gasteiger partial charge in [0.05, 0.1) is 12.6 Å². The van der Waals surface area contributed by atoms with Gasteiger partial charge in [-0.25, -0.2) is 0 Å². The van der Waals surface area contributed by atoms with Crippen molar-refractivity contribution in [1.82, 2.24) is 10.6 Å². The number of ether oxygens (including phenoxy) is 1. The van der Waals surface area contributed by atoms with Crippen LogP contribution in [0.4, 0.5) is 0 Å². The Bertz CT molecular complexity index is 791. The molecule has 136 valence electrons. The Balaban J connectivity index is 1.43. The van der Waals surface area contributed by atoms with Crippen LogP contribution in [0.1, 0.15) is 30.0 Å². The van der Waals surface area contributed by atoms with Gasteiger partial charge in [-0.3, -0.25) is 9.59 Å². The number of phenolic OH excluding ortho intramolecular Hbond substituents is 1. The lowest BCUT2D eigenvalue weighted by Gasteiger charge is -2.26. The lowest BCUT2D eigenvalue weighted by molar-refractivity contribution is -0.127. The SMILES string of the molecule is O=C(COc1cccc(O)c1)NCC(=O)NC1CCCc2ccccc21. The molecule has 0 aliphatic heterocycles. The number of carbonyl (C=O) groups is 2. The molecule has 1 unspecified atom stereocenters. The summed E-state index contributed by atoms with van der Waals surface area (Å²) >= 11 is 0. The fraction of sp³-hybridized carbons (Fsp3) is 0.300. The third kappa shape index (κ3) is 4.75. The summed E-state index contributed by atoms with van der Waals surface area (Å²) in [5.74, 6) is -0.164. The molecule has 2 aromatic carbocycles. The van der Waals surface area contributed by atoms with Crippen LogP contribution in [0.15, 0.2) is 48.5 Å². The number of nitrogens with one attached hydrogen (secondary N) is 2. The summed E-state index contributed by atoms with van der Waals surface area (Å²) in [6.45, 7) is -0.316. The van der Waals surface area contributed by atoms with E-state index in [2.05, 4.69) is 16.7 Å². The summed E-state index contributed by atoms with van der Waals surface area (Å²) < 4.78 is 5.27. The van der Waals surface area contributed by atoms with Gasteiger partial charge in [0.15, 0.2) is 6.61 Å². The molecule has 0 spiro atoms. The lowest BCUT2D eigenvalue weighted by Crippen LogP contribution is -2.40. The minimum atomic E-state index is -0.396. The van der Waals surface area contributed by atoms with Gasteiger partial charge in [0.25, 0.3) is 5.91 Å². The maximum absolute atomic E-state index is 12.1. The number of aryl methyl sites for hydroxylation is 1. The van der Waals surface area contributed by atoms with Gasteiger partial charge in [0.1, 0.15) is 11.5 Å². The fourth-order valence-corrected chi connectivity index (χ4v) is 3.10. The Kier molecular flexibility index (Phi) is 5.73. The van der Waals surface area contributed by atoms with Gasteiger partial charge < -0.3 is 20.5 Å². The molecule has 0 saturated heterocycles. The number of carbonyl (C=O) groups excluding carboxylic acids is 2. The third-order valence-electron chi connectivity index (χ3n) is 4.34. The molecule has 0 heterocycles. The second-order valence-electron chi connectivity index (χ2n) is 6.27. The summed E-state index contributed by atoms with van der Waals surface area (Å²) in [5.41, 5.74) is 2.43. The summed E-state index contributed by atoms with van der Waals surface area (Å²) in [6.07, 6.45) is 2.97. The lowest BCUT2D eigenvalue weighted by atomic mass is 9.88. The van der Waals surface area contributed by atoms with E-state index in [1.165, 1.54) is 17.7 Å². The van der Waals surface area contributed by atoms with Crippen LogP contribution in [0.3, 0.4) is 0 Å². The van der Waals surface area contributed by atoms with Crippen LogP contribution in [0.2, 0.25) is 0 Å². The van der Waals surface area contributed by atoms with E-state index >= 15 is 0 Å². The average molecular weight is 354 g/mol. The van der Waals surface area contributed by atoms with Gasteiger partial charge in [-0.15, -0.1) is 0 Å². The van der Waals surface area contributed by atoms with Crippen molar-refractivity contribution in [2.75, 3.05) is 13.2 Å². The van der Waals surface area contributed by atoms with Crippen molar-refractivity contribution in [1.29, 1.82) is 0 Å². The molecule has 1 atom stereocenters. The number of rotatable bonds is 6. The second-order valence-corrected chi connectivity index (χ2v) is 6.27. The van der Waals surface area contributed by atoms with Crippen molar-refractivity contribution >= 4 is 11.8 Å². The maximum Gasteiger partial charge on any atom is 0.258 e. The van der Waals surface area contributed by atoms with Crippen molar-refractivity contribution in [2.24, 2.45) is 0 Å². The Morgan fingerprint density at radius 3 is 2.81 bits per heavy atom. The number of benzene rings is 2. The Hall–Kier alpha value is -3.02. The summed E-state index contributed by atoms with van der Waals surface area (Å²) in [7, 11) is 0. The van der Waals surface area contributed by atoms with Crippen molar-refractivity contribution < 1.29 is 19.4 Å². The molecular weight excluding hydrogens is 332 g/mol. The largest absolute Gasteiger partial charge is 0.508 e. The molecule has 26 heavy (non-hydrogen) atoms. The first-order chi connectivity index (χ1) is 12.6. The highest BCUT2D eigenvalue weighted by Crippen LogP contribution is 2.29. The van der Waals surface area contributed by atoms with Crippen LogP contribution in [-0.2, 0) is 16.0 Å². The van der Waals surface area contributed by atoms with Gasteiger partial charge in [-0.1, -0.05) is 30.3 Å². The average Bonchev–Trinajstić information content (AvgIpc) is 2.65. The number of hydrogen-bond donors (Lipinski definition) is 3. The van der Waals surface area contributed by atoms with E-state index < -0.39 is 5.91 Å². The summed E-state index contributed by atoms with van der Waals surface area (Å²) in [6, 6.07) is 14.3. The zero-order valence-corrected chi connectivity index (χ0v) is 14.4. The molecule has 0 radical (unpaired) electrons. The third-order valence-corrected chi connectivity index (χ3v) is 4.34. The highest BCUT2D eigenvalue weighted by Gasteiger charge is 2.21. The second kappa shape index (κ2) is 8.38. The number of phenols is 1. The Labute approximate surface area is 152 Å². The van der Waals surface area contributed by atoms with Crippen LogP contribution >= 0.6 is 0 Å². The summed E-state index contributed by atoms with van der Waals surface area (Å²) in [5, 5.41) is 14.9. The highest BCUT2D eigenvalue weighted by molar-refractivity contribution is 5.85. The van der Waals surface area contributed by atoms with E-state index in [4.69, 9.17) is 4.74 Å². The van der Waals surface area contributed by atoms with Crippen molar-refractivity contribution in [3.63, 3.8) is 0 Å². The standard InChI is InChI=1S/C20H22N2O4/c23-15-7-4-8-16(11-15)26-13-20(25)21-12-19(24)22-18-10-3-6-14-5-1-2-9-17(14)18/h1-2,4-5,7-9,11,18,23H,3,6,10,12-13H2,(H,21,25)(H,22,24). The molecule has 2 aromatic rings. The molecule has 3 N–H and O–H groups in total. The normalized spacial score (nSPS) is 15.6. The molecule has 0 bridgehead atoms. The number of amides is 2. The van der Waals surface area contributed by atoms with E-state index in [0.29, 0.717) is 5.75 Å². The molecule has 0 fully saturated rings. The van der Waals surface area contributed by atoms with Crippen molar-refractivity contribution in [3.8, 4) is 11.5 Å². The topological polar surface area (TPSA) is 87.7 Å². The van der Waals surface area contributed by atoms with Crippen LogP contribution in [-0.4, -0.2) is 30.1 Å². The first kappa shape index (κ1) is 17.8. The monoisotopic (exact) mass is 354 g/mol. The van der Waals surface area contributed by atoms with E-state index in [-0.39, 0.29) is 30.9 Å². The van der Waals surface area contributed by atoms with Crippen LogP contribution < -0.4 is 15.4 Å². The number of hydrogen-bond acceptors (Lipinski definition) is 4. The molecule has 6 nitrogen and oxygen atoms in total. The fourth-order valence-electron chi connectivity index (χ4n) is 3.10. The number of aromatic hydroxyl groups is 1. The predicted molar refractivity (Wildman–Crippen MR) is 96.9 cm³/mol. The molecule has 0 aromatic heterocycles. The van der Waals surface area contributed by atoms with E-state index in [0.717, 1.165) is 24.8 Å². The Morgan fingerprint density at radius 2 is 1.96 bits per heavy atom. The zero-order valence-electron chi connectivity index (χ0n) is 14.4. The first-order valence-electron chi connectivity index (χ1n) is 8.67. The molecule has 0 saturated carbocycles. The van der Waals surface area contributed by atoms with Gasteiger partial charge in [-0.2, -0.15) is 0 Å². The molecular formula is C20H22N2O4. The molecule has 3 rings (SSSR count). The molecule has 1 aliphatic rings. The van der Waals surface area contributed by atoms with E-state index in [9.17, 15) is 14.7 Å². The summed E-state index contributed by atoms with van der Waals surface area (Å²) in [4.78, 5) is 24.0. The van der Waals surface area contributed by atoms with Crippen LogP contribution in [0, 0.1) is 0 Å². The minimum Gasteiger partial charge on any atom is -0.508 e. The van der Waals surface area contributed by atoms with Crippen molar-refractivity contribution in [2.45, 2.75) is 25.3 Å². The smallest absolute Gasteiger partial charge is 0.258 e. The Morgan fingerprint density at radius 1 is 1.12 bits per heavy atom. The van der Waals surface area contributed by atoms with E-state index in [1.807, 2.05) is 18.2 Å². The first-order valence-corrected chi connectivity index (χ1v) is 8.67. The predicted octanol–water partition coefficient (Wildman–Crippen LogP) is 2.08. The van der Waals surface area contributed by atoms with Gasteiger partial charge in [0, 0.05) is 6.07 Å². The van der Waals surface area contributed by atoms with Gasteiger partial charge in [0.2, 0.25) is 5.91 Å². The van der Waals surface area contributed by atoms with Crippen molar-refractivity contribution in [3.05, 3.63) is 59.7 Å². The maximum atomic E-state index is 12.1. The molecule has 2 amide bonds. The molecule has 1 aliphatic carbocycles. The van der Waals surface area contributed by atoms with Gasteiger partial charge in [-0.05, 0) is 42.5 Å². The number of fused-ring (bicyclic) bond motifs is 1. The highest BCUT2D eigenvalue weighted by atomic mass is 16.5. The van der Waals surface area contributed by atoms with Gasteiger partial charge >= 0.3 is 0 Å². The van der Waals surface area contributed by atoms with E-state index in [1.54, 1.807) is 12.1 Å². The zero-order chi connectivity index (χ0) is 18.4. The minimum absolute atomic E-state index is 0.00658. The quantitative estimate of drug-likeness (QED) is 0.741. The van der Waals surface area contributed by atoms with Crippen LogP contribution in [0.5, 0.6) is 11.5 Å².